The summed E-state index contributed by atoms with van der Waals surface area (Å²) >= 11 is 0. The van der Waals surface area contributed by atoms with Crippen molar-refractivity contribution in [1.29, 1.82) is 0 Å². The number of hydrogen-bond donors (Lipinski definition) is 2. The van der Waals surface area contributed by atoms with E-state index in [1.54, 1.807) is 24.3 Å². The minimum atomic E-state index is -0.519. The van der Waals surface area contributed by atoms with Gasteiger partial charge >= 0.3 is 5.97 Å². The quantitative estimate of drug-likeness (QED) is 0.351. The van der Waals surface area contributed by atoms with Gasteiger partial charge in [0.05, 0.1) is 0 Å². The summed E-state index contributed by atoms with van der Waals surface area (Å²) < 4.78 is 10.8. The zero-order valence-corrected chi connectivity index (χ0v) is 20.0. The number of rotatable bonds is 11. The van der Waals surface area contributed by atoms with E-state index in [1.807, 2.05) is 62.4 Å². The predicted octanol–water partition coefficient (Wildman–Crippen LogP) is 5.64. The van der Waals surface area contributed by atoms with E-state index >= 15 is 0 Å². The largest absolute Gasteiger partial charge is 0.457 e. The number of esters is 1. The van der Waals surface area contributed by atoms with Gasteiger partial charge in [-0.15, -0.1) is 0 Å². The number of amides is 2. The van der Waals surface area contributed by atoms with Gasteiger partial charge in [0.25, 0.3) is 5.91 Å². The summed E-state index contributed by atoms with van der Waals surface area (Å²) in [6, 6.07) is 22.3. The molecule has 3 aromatic rings. The van der Waals surface area contributed by atoms with E-state index in [1.165, 1.54) is 0 Å². The number of anilines is 2. The van der Waals surface area contributed by atoms with Crippen molar-refractivity contribution in [2.24, 2.45) is 0 Å². The number of benzene rings is 3. The predicted molar refractivity (Wildman–Crippen MR) is 136 cm³/mol. The lowest BCUT2D eigenvalue weighted by Gasteiger charge is -2.10. The van der Waals surface area contributed by atoms with Crippen molar-refractivity contribution in [3.63, 3.8) is 0 Å². The number of hydrogen-bond acceptors (Lipinski definition) is 5. The van der Waals surface area contributed by atoms with E-state index in [-0.39, 0.29) is 25.4 Å². The maximum absolute atomic E-state index is 12.2. The molecule has 0 radical (unpaired) electrons. The molecule has 0 atom stereocenters. The highest BCUT2D eigenvalue weighted by atomic mass is 16.5. The lowest BCUT2D eigenvalue weighted by molar-refractivity contribution is -0.147. The van der Waals surface area contributed by atoms with Crippen LogP contribution in [-0.4, -0.2) is 24.4 Å². The van der Waals surface area contributed by atoms with Crippen molar-refractivity contribution in [2.75, 3.05) is 17.2 Å². The Morgan fingerprint density at radius 1 is 0.800 bits per heavy atom. The molecule has 2 N–H and O–H groups in total. The average molecular weight is 475 g/mol. The van der Waals surface area contributed by atoms with Crippen LogP contribution in [0.1, 0.15) is 37.3 Å². The first-order valence-corrected chi connectivity index (χ1v) is 11.6. The van der Waals surface area contributed by atoms with Crippen LogP contribution in [0.25, 0.3) is 0 Å². The van der Waals surface area contributed by atoms with Gasteiger partial charge in [-0.3, -0.25) is 14.4 Å². The molecule has 2 amide bonds. The fourth-order valence-corrected chi connectivity index (χ4v) is 3.39. The molecule has 0 bridgehead atoms. The lowest BCUT2D eigenvalue weighted by atomic mass is 10.1. The molecule has 182 valence electrons. The molecule has 35 heavy (non-hydrogen) atoms. The molecular formula is C28H30N2O5. The molecular weight excluding hydrogens is 444 g/mol. The summed E-state index contributed by atoms with van der Waals surface area (Å²) in [5.41, 5.74) is 3.46. The summed E-state index contributed by atoms with van der Waals surface area (Å²) in [6.07, 6.45) is 1.31. The van der Waals surface area contributed by atoms with Gasteiger partial charge < -0.3 is 20.1 Å². The molecule has 0 heterocycles. The van der Waals surface area contributed by atoms with Crippen LogP contribution in [-0.2, 0) is 25.5 Å². The molecule has 0 saturated carbocycles. The molecule has 0 aliphatic carbocycles. The van der Waals surface area contributed by atoms with E-state index in [2.05, 4.69) is 10.6 Å². The van der Waals surface area contributed by atoms with Crippen molar-refractivity contribution >= 4 is 29.2 Å². The van der Waals surface area contributed by atoms with Gasteiger partial charge in [-0.1, -0.05) is 37.3 Å². The topological polar surface area (TPSA) is 93.7 Å². The van der Waals surface area contributed by atoms with Crippen LogP contribution < -0.4 is 15.4 Å². The Balaban J connectivity index is 1.33. The van der Waals surface area contributed by atoms with Crippen LogP contribution in [0.3, 0.4) is 0 Å². The van der Waals surface area contributed by atoms with Crippen LogP contribution in [0.2, 0.25) is 0 Å². The second-order valence-corrected chi connectivity index (χ2v) is 8.06. The van der Waals surface area contributed by atoms with Crippen LogP contribution in [0, 0.1) is 6.92 Å². The lowest BCUT2D eigenvalue weighted by Crippen LogP contribution is -2.21. The SMILES string of the molecule is CCc1ccccc1NC(=O)COC(=O)CCCC(=O)Nc1ccc(Oc2cccc(C)c2)cc1. The molecule has 7 nitrogen and oxygen atoms in total. The summed E-state index contributed by atoms with van der Waals surface area (Å²) in [6.45, 7) is 3.63. The number of aryl methyl sites for hydroxylation is 2. The number of para-hydroxylation sites is 1. The zero-order chi connectivity index (χ0) is 25.0. The Labute approximate surface area is 205 Å². The molecule has 0 fully saturated rings. The first-order chi connectivity index (χ1) is 16.9. The Morgan fingerprint density at radius 2 is 1.57 bits per heavy atom. The van der Waals surface area contributed by atoms with Crippen molar-refractivity contribution in [2.45, 2.75) is 39.5 Å². The van der Waals surface area contributed by atoms with Gasteiger partial charge in [-0.05, 0) is 73.4 Å². The zero-order valence-electron chi connectivity index (χ0n) is 20.0. The molecule has 7 heteroatoms. The normalized spacial score (nSPS) is 10.3. The minimum absolute atomic E-state index is 0.0511. The van der Waals surface area contributed by atoms with Crippen LogP contribution in [0.5, 0.6) is 11.5 Å². The molecule has 3 aromatic carbocycles. The van der Waals surface area contributed by atoms with E-state index in [0.29, 0.717) is 23.5 Å². The van der Waals surface area contributed by atoms with Crippen molar-refractivity contribution in [3.05, 3.63) is 83.9 Å². The Hall–Kier alpha value is -4.13. The van der Waals surface area contributed by atoms with Crippen LogP contribution in [0.15, 0.2) is 72.8 Å². The first-order valence-electron chi connectivity index (χ1n) is 11.6. The van der Waals surface area contributed by atoms with Crippen LogP contribution in [0.4, 0.5) is 11.4 Å². The third-order valence-corrected chi connectivity index (χ3v) is 5.18. The van der Waals surface area contributed by atoms with Crippen LogP contribution >= 0.6 is 0 Å². The number of nitrogens with one attached hydrogen (secondary N) is 2. The summed E-state index contributed by atoms with van der Waals surface area (Å²) in [7, 11) is 0. The maximum atomic E-state index is 12.2. The second-order valence-electron chi connectivity index (χ2n) is 8.06. The van der Waals surface area contributed by atoms with Crippen molar-refractivity contribution < 1.29 is 23.9 Å². The molecule has 0 aliphatic rings. The van der Waals surface area contributed by atoms with Crippen molar-refractivity contribution in [1.82, 2.24) is 0 Å². The Bertz CT molecular complexity index is 1160. The Kier molecular flexibility index (Phi) is 9.42. The number of ether oxygens (including phenoxy) is 2. The first kappa shape index (κ1) is 25.5. The van der Waals surface area contributed by atoms with Gasteiger partial charge in [0.2, 0.25) is 5.91 Å². The van der Waals surface area contributed by atoms with E-state index in [0.717, 1.165) is 23.3 Å². The van der Waals surface area contributed by atoms with Gasteiger partial charge in [0, 0.05) is 24.2 Å². The number of carbonyl (C=O) groups is 3. The Morgan fingerprint density at radius 3 is 2.31 bits per heavy atom. The molecule has 0 aromatic heterocycles. The molecule has 0 saturated heterocycles. The fraction of sp³-hybridized carbons (Fsp3) is 0.250. The van der Waals surface area contributed by atoms with Gasteiger partial charge in [-0.25, -0.2) is 0 Å². The van der Waals surface area contributed by atoms with Gasteiger partial charge in [0.1, 0.15) is 11.5 Å². The molecule has 0 unspecified atom stereocenters. The van der Waals surface area contributed by atoms with Gasteiger partial charge in [0.15, 0.2) is 6.61 Å². The van der Waals surface area contributed by atoms with Crippen molar-refractivity contribution in [3.8, 4) is 11.5 Å². The summed E-state index contributed by atoms with van der Waals surface area (Å²) in [5.74, 6) is 0.288. The summed E-state index contributed by atoms with van der Waals surface area (Å²) in [4.78, 5) is 36.2. The van der Waals surface area contributed by atoms with E-state index in [4.69, 9.17) is 9.47 Å². The highest BCUT2D eigenvalue weighted by molar-refractivity contribution is 5.93. The molecule has 0 spiro atoms. The monoisotopic (exact) mass is 474 g/mol. The third-order valence-electron chi connectivity index (χ3n) is 5.18. The third kappa shape index (κ3) is 8.62. The van der Waals surface area contributed by atoms with Gasteiger partial charge in [-0.2, -0.15) is 0 Å². The number of carbonyl (C=O) groups excluding carboxylic acids is 3. The second kappa shape index (κ2) is 12.9. The highest BCUT2D eigenvalue weighted by Crippen LogP contribution is 2.23. The average Bonchev–Trinajstić information content (AvgIpc) is 2.84. The van der Waals surface area contributed by atoms with E-state index in [9.17, 15) is 14.4 Å². The molecule has 0 aliphatic heterocycles. The van der Waals surface area contributed by atoms with E-state index < -0.39 is 11.9 Å². The molecule has 3 rings (SSSR count). The fourth-order valence-electron chi connectivity index (χ4n) is 3.39. The minimum Gasteiger partial charge on any atom is -0.457 e. The maximum Gasteiger partial charge on any atom is 0.306 e. The summed E-state index contributed by atoms with van der Waals surface area (Å²) in [5, 5.41) is 5.54. The standard InChI is InChI=1S/C28H30N2O5/c1-3-21-9-4-5-11-25(21)30-27(32)19-34-28(33)13-7-12-26(31)29-22-14-16-23(17-15-22)35-24-10-6-8-20(2)18-24/h4-6,8-11,14-18H,3,7,12-13,19H2,1-2H3,(H,29,31)(H,30,32). The smallest absolute Gasteiger partial charge is 0.306 e. The highest BCUT2D eigenvalue weighted by Gasteiger charge is 2.11.